The number of halogens is 6. The predicted molar refractivity (Wildman–Crippen MR) is 110 cm³/mol. The first-order valence-electron chi connectivity index (χ1n) is 9.15. The molecule has 0 spiro atoms. The highest BCUT2D eigenvalue weighted by Crippen LogP contribution is 2.32. The van der Waals surface area contributed by atoms with Crippen molar-refractivity contribution in [1.82, 2.24) is 4.98 Å². The molecule has 0 fully saturated rings. The number of carbonyl (C=O) groups is 1. The summed E-state index contributed by atoms with van der Waals surface area (Å²) >= 11 is 5.82. The number of aromatic nitrogens is 1. The summed E-state index contributed by atoms with van der Waals surface area (Å²) < 4.78 is 70.8. The van der Waals surface area contributed by atoms with Crippen molar-refractivity contribution in [3.63, 3.8) is 0 Å². The molecule has 32 heavy (non-hydrogen) atoms. The van der Waals surface area contributed by atoms with Crippen molar-refractivity contribution in [2.45, 2.75) is 38.6 Å². The molecule has 0 saturated carbocycles. The highest BCUT2D eigenvalue weighted by Gasteiger charge is 2.39. The second-order valence-electron chi connectivity index (χ2n) is 7.13. The van der Waals surface area contributed by atoms with E-state index < -0.39 is 42.2 Å². The van der Waals surface area contributed by atoms with E-state index in [0.29, 0.717) is 17.5 Å². The van der Waals surface area contributed by atoms with Crippen LogP contribution in [0.4, 0.5) is 27.6 Å². The SMILES string of the molecule is Cc1cc(Cl)cnc1C(=O)Nc1ccc(F)c(C(C)(CF)/N=C(/N)O[C@@H](C)C(F)(F)F)c1. The van der Waals surface area contributed by atoms with E-state index in [9.17, 15) is 26.7 Å². The number of nitrogens with one attached hydrogen (secondary N) is 1. The van der Waals surface area contributed by atoms with Crippen LogP contribution >= 0.6 is 11.6 Å². The molecule has 0 aliphatic carbocycles. The fraction of sp³-hybridized carbons (Fsp3) is 0.350. The number of nitrogens with zero attached hydrogens (tertiary/aromatic N) is 2. The summed E-state index contributed by atoms with van der Waals surface area (Å²) in [4.78, 5) is 20.1. The predicted octanol–water partition coefficient (Wildman–Crippen LogP) is 4.90. The number of amides is 1. The van der Waals surface area contributed by atoms with Crippen molar-refractivity contribution < 1.29 is 31.5 Å². The topological polar surface area (TPSA) is 89.6 Å². The van der Waals surface area contributed by atoms with Gasteiger partial charge in [0.1, 0.15) is 23.7 Å². The zero-order valence-electron chi connectivity index (χ0n) is 17.2. The Labute approximate surface area is 185 Å². The first-order valence-corrected chi connectivity index (χ1v) is 9.53. The van der Waals surface area contributed by atoms with Crippen molar-refractivity contribution >= 4 is 29.2 Å². The van der Waals surface area contributed by atoms with Gasteiger partial charge in [0.15, 0.2) is 6.10 Å². The minimum atomic E-state index is -4.73. The van der Waals surface area contributed by atoms with Gasteiger partial charge in [-0.15, -0.1) is 0 Å². The number of ether oxygens (including phenoxy) is 1. The number of amidine groups is 1. The summed E-state index contributed by atoms with van der Waals surface area (Å²) in [6, 6.07) is 3.83. The molecule has 0 aliphatic heterocycles. The molecule has 174 valence electrons. The van der Waals surface area contributed by atoms with E-state index in [1.54, 1.807) is 6.92 Å². The lowest BCUT2D eigenvalue weighted by molar-refractivity contribution is -0.193. The molecule has 0 radical (unpaired) electrons. The quantitative estimate of drug-likeness (QED) is 0.351. The summed E-state index contributed by atoms with van der Waals surface area (Å²) in [5.41, 5.74) is 3.63. The molecule has 2 rings (SSSR count). The van der Waals surface area contributed by atoms with Crippen LogP contribution in [0.15, 0.2) is 35.5 Å². The molecule has 2 aromatic rings. The van der Waals surface area contributed by atoms with Crippen molar-refractivity contribution in [2.24, 2.45) is 10.7 Å². The smallest absolute Gasteiger partial charge is 0.425 e. The maximum atomic E-state index is 14.5. The Morgan fingerprint density at radius 1 is 1.34 bits per heavy atom. The molecule has 1 aromatic carbocycles. The number of pyridine rings is 1. The maximum Gasteiger partial charge on any atom is 0.425 e. The molecule has 1 unspecified atom stereocenters. The monoisotopic (exact) mass is 478 g/mol. The van der Waals surface area contributed by atoms with Crippen molar-refractivity contribution in [1.29, 1.82) is 0 Å². The van der Waals surface area contributed by atoms with Crippen LogP contribution in [0.2, 0.25) is 5.02 Å². The van der Waals surface area contributed by atoms with E-state index in [1.165, 1.54) is 18.3 Å². The largest absolute Gasteiger partial charge is 0.453 e. The number of rotatable bonds is 6. The lowest BCUT2D eigenvalue weighted by Crippen LogP contribution is -2.36. The van der Waals surface area contributed by atoms with E-state index in [0.717, 1.165) is 19.1 Å². The third-order valence-corrected chi connectivity index (χ3v) is 4.65. The molecule has 2 atom stereocenters. The van der Waals surface area contributed by atoms with Crippen LogP contribution in [0, 0.1) is 12.7 Å². The minimum absolute atomic E-state index is 0.0605. The number of hydrogen-bond acceptors (Lipinski definition) is 4. The van der Waals surface area contributed by atoms with Gasteiger partial charge in [-0.25, -0.2) is 18.8 Å². The Kier molecular flexibility index (Phi) is 7.66. The van der Waals surface area contributed by atoms with Crippen LogP contribution in [0.5, 0.6) is 0 Å². The van der Waals surface area contributed by atoms with E-state index in [-0.39, 0.29) is 16.9 Å². The normalized spacial score (nSPS) is 15.1. The van der Waals surface area contributed by atoms with Crippen LogP contribution in [0.25, 0.3) is 0 Å². The molecule has 1 aromatic heterocycles. The van der Waals surface area contributed by atoms with Gasteiger partial charge in [-0.1, -0.05) is 11.6 Å². The number of hydrogen-bond donors (Lipinski definition) is 2. The van der Waals surface area contributed by atoms with Gasteiger partial charge >= 0.3 is 6.18 Å². The molecule has 1 heterocycles. The zero-order chi connectivity index (χ0) is 24.3. The van der Waals surface area contributed by atoms with Gasteiger partial charge in [-0.05, 0) is 50.6 Å². The number of aryl methyl sites for hydroxylation is 1. The number of benzene rings is 1. The van der Waals surface area contributed by atoms with Crippen LogP contribution in [0.1, 0.15) is 35.5 Å². The molecular weight excluding hydrogens is 459 g/mol. The number of aliphatic imine (C=N–C) groups is 1. The van der Waals surface area contributed by atoms with Gasteiger partial charge in [-0.3, -0.25) is 4.79 Å². The van der Waals surface area contributed by atoms with Crippen LogP contribution in [-0.2, 0) is 10.3 Å². The summed E-state index contributed by atoms with van der Waals surface area (Å²) in [6.07, 6.45) is -5.75. The average molecular weight is 479 g/mol. The van der Waals surface area contributed by atoms with Gasteiger partial charge in [-0.2, -0.15) is 13.2 Å². The van der Waals surface area contributed by atoms with E-state index in [1.807, 2.05) is 0 Å². The number of alkyl halides is 4. The first kappa shape index (κ1) is 25.3. The van der Waals surface area contributed by atoms with Gasteiger partial charge in [0.05, 0.1) is 5.02 Å². The highest BCUT2D eigenvalue weighted by atomic mass is 35.5. The summed E-state index contributed by atoms with van der Waals surface area (Å²) in [7, 11) is 0. The summed E-state index contributed by atoms with van der Waals surface area (Å²) in [5.74, 6) is -1.55. The number of anilines is 1. The first-order chi connectivity index (χ1) is 14.8. The number of nitrogens with two attached hydrogens (primary N) is 1. The van der Waals surface area contributed by atoms with Crippen LogP contribution < -0.4 is 11.1 Å². The molecule has 6 nitrogen and oxygen atoms in total. The van der Waals surface area contributed by atoms with E-state index >= 15 is 0 Å². The van der Waals surface area contributed by atoms with Crippen molar-refractivity contribution in [3.8, 4) is 0 Å². The Hall–Kier alpha value is -2.95. The molecule has 0 saturated heterocycles. The summed E-state index contributed by atoms with van der Waals surface area (Å²) in [6.45, 7) is 2.11. The summed E-state index contributed by atoms with van der Waals surface area (Å²) in [5, 5.41) is 2.83. The maximum absolute atomic E-state index is 14.5. The third kappa shape index (κ3) is 6.06. The lowest BCUT2D eigenvalue weighted by atomic mass is 9.93. The molecule has 0 bridgehead atoms. The van der Waals surface area contributed by atoms with E-state index in [4.69, 9.17) is 17.3 Å². The second kappa shape index (κ2) is 9.68. The van der Waals surface area contributed by atoms with Crippen molar-refractivity contribution in [2.75, 3.05) is 12.0 Å². The Morgan fingerprint density at radius 3 is 2.56 bits per heavy atom. The van der Waals surface area contributed by atoms with Crippen molar-refractivity contribution in [3.05, 3.63) is 58.1 Å². The lowest BCUT2D eigenvalue weighted by Gasteiger charge is -2.25. The highest BCUT2D eigenvalue weighted by molar-refractivity contribution is 6.30. The Morgan fingerprint density at radius 2 is 2.00 bits per heavy atom. The third-order valence-electron chi connectivity index (χ3n) is 4.44. The molecule has 12 heteroatoms. The average Bonchev–Trinajstić information content (AvgIpc) is 2.68. The molecule has 1 amide bonds. The standard InChI is InChI=1S/C20H20ClF5N4O2/c1-10-6-12(21)8-28-16(10)17(31)29-13-4-5-15(23)14(7-13)19(3,9-22)30-18(27)32-11(2)20(24,25)26/h4-8,11H,9H2,1-3H3,(H2,27,30)(H,29,31)/t11-,19?/m0/s1. The molecule has 3 N–H and O–H groups in total. The molecule has 0 aliphatic rings. The fourth-order valence-corrected chi connectivity index (χ4v) is 2.88. The fourth-order valence-electron chi connectivity index (χ4n) is 2.66. The Balaban J connectivity index is 2.34. The zero-order valence-corrected chi connectivity index (χ0v) is 18.0. The van der Waals surface area contributed by atoms with Crippen LogP contribution in [-0.4, -0.2) is 35.9 Å². The minimum Gasteiger partial charge on any atom is -0.453 e. The number of carbonyl (C=O) groups excluding carboxylic acids is 1. The van der Waals surface area contributed by atoms with Gasteiger partial charge < -0.3 is 15.8 Å². The Bertz CT molecular complexity index is 1030. The second-order valence-corrected chi connectivity index (χ2v) is 7.56. The van der Waals surface area contributed by atoms with Gasteiger partial charge in [0.25, 0.3) is 11.9 Å². The molecular formula is C20H20ClF5N4O2. The van der Waals surface area contributed by atoms with Gasteiger partial charge in [0.2, 0.25) is 0 Å². The van der Waals surface area contributed by atoms with Gasteiger partial charge in [0, 0.05) is 17.4 Å². The van der Waals surface area contributed by atoms with Crippen LogP contribution in [0.3, 0.4) is 0 Å². The van der Waals surface area contributed by atoms with E-state index in [2.05, 4.69) is 20.0 Å².